The topological polar surface area (TPSA) is 41.6 Å². The number of rotatable bonds is 4. The number of hydrogen-bond donors (Lipinski definition) is 1. The van der Waals surface area contributed by atoms with E-state index < -0.39 is 6.09 Å². The number of nitrogens with one attached hydrogen (secondary N) is 1. The molecule has 0 atom stereocenters. The zero-order chi connectivity index (χ0) is 12.0. The molecule has 96 valence electrons. The number of anilines is 1. The molecule has 0 spiro atoms. The second-order valence-electron chi connectivity index (χ2n) is 3.40. The number of carbonyl (C=O) groups excluding carboxylic acids is 1. The summed E-state index contributed by atoms with van der Waals surface area (Å²) < 4.78 is 5.07. The van der Waals surface area contributed by atoms with Crippen LogP contribution in [0.4, 0.5) is 10.5 Å². The molecule has 1 rings (SSSR count). The molecule has 1 amide bonds. The Balaban J connectivity index is 0.00000256. The number of carbonyl (C=O) groups is 1. The van der Waals surface area contributed by atoms with Gasteiger partial charge in [-0.3, -0.25) is 0 Å². The van der Waals surface area contributed by atoms with Gasteiger partial charge in [0.25, 0.3) is 0 Å². The third-order valence-electron chi connectivity index (χ3n) is 1.91. The van der Waals surface area contributed by atoms with Crippen molar-refractivity contribution in [1.82, 2.24) is 5.32 Å². The fourth-order valence-electron chi connectivity index (χ4n) is 1.12. The van der Waals surface area contributed by atoms with Gasteiger partial charge in [0.1, 0.15) is 5.75 Å². The summed E-state index contributed by atoms with van der Waals surface area (Å²) in [6, 6.07) is 7.29. The lowest BCUT2D eigenvalue weighted by Gasteiger charge is -2.13. The predicted molar refractivity (Wildman–Crippen MR) is 72.8 cm³/mol. The summed E-state index contributed by atoms with van der Waals surface area (Å²) in [4.78, 5) is 13.2. The zero-order valence-electron chi connectivity index (χ0n) is 9.77. The van der Waals surface area contributed by atoms with Crippen molar-refractivity contribution < 1.29 is 9.53 Å². The fraction of sp³-hybridized carbons (Fsp3) is 0.364. The molecule has 17 heavy (non-hydrogen) atoms. The Morgan fingerprint density at radius 3 is 2.76 bits per heavy atom. The van der Waals surface area contributed by atoms with Crippen molar-refractivity contribution in [3.8, 4) is 5.75 Å². The average Bonchev–Trinajstić information content (AvgIpc) is 2.26. The van der Waals surface area contributed by atoms with E-state index in [1.165, 1.54) is 0 Å². The van der Waals surface area contributed by atoms with Crippen LogP contribution in [0.15, 0.2) is 24.3 Å². The summed E-state index contributed by atoms with van der Waals surface area (Å²) in [5, 5.41) is 2.52. The minimum absolute atomic E-state index is 0. The quantitative estimate of drug-likeness (QED) is 0.861. The molecular weight excluding hydrogens is 263 g/mol. The summed E-state index contributed by atoms with van der Waals surface area (Å²) in [6.07, 6.45) is -0.489. The van der Waals surface area contributed by atoms with Gasteiger partial charge in [0.15, 0.2) is 0 Å². The summed E-state index contributed by atoms with van der Waals surface area (Å²) in [7, 11) is 3.85. The van der Waals surface area contributed by atoms with Gasteiger partial charge in [-0.25, -0.2) is 4.79 Å². The van der Waals surface area contributed by atoms with E-state index in [0.717, 1.165) is 5.69 Å². The van der Waals surface area contributed by atoms with Gasteiger partial charge < -0.3 is 15.0 Å². The Hall–Kier alpha value is -1.13. The van der Waals surface area contributed by atoms with Crippen LogP contribution in [-0.2, 0) is 0 Å². The standard InChI is InChI=1S/C11H15ClN2O2.ClH/c1-14(2)9-4-3-5-10(8-9)16-11(15)13-7-6-12;/h3-5,8H,6-7H2,1-2H3,(H,13,15);1H. The number of benzene rings is 1. The average molecular weight is 279 g/mol. The Labute approximate surface area is 112 Å². The van der Waals surface area contributed by atoms with Crippen molar-refractivity contribution in [1.29, 1.82) is 0 Å². The summed E-state index contributed by atoms with van der Waals surface area (Å²) in [5.41, 5.74) is 0.975. The predicted octanol–water partition coefficient (Wildman–Crippen LogP) is 2.50. The molecule has 0 aromatic heterocycles. The Bertz CT molecular complexity index is 359. The minimum atomic E-state index is -0.489. The first-order valence-corrected chi connectivity index (χ1v) is 5.46. The van der Waals surface area contributed by atoms with Crippen LogP contribution in [0.1, 0.15) is 0 Å². The molecule has 0 fully saturated rings. The van der Waals surface area contributed by atoms with Crippen LogP contribution in [0.2, 0.25) is 0 Å². The number of halogens is 2. The van der Waals surface area contributed by atoms with Crippen LogP contribution in [0.3, 0.4) is 0 Å². The van der Waals surface area contributed by atoms with Crippen LogP contribution in [0, 0.1) is 0 Å². The first-order chi connectivity index (χ1) is 7.63. The maximum absolute atomic E-state index is 11.2. The van der Waals surface area contributed by atoms with Crippen molar-refractivity contribution in [2.24, 2.45) is 0 Å². The normalized spacial score (nSPS) is 9.12. The smallest absolute Gasteiger partial charge is 0.410 e. The number of ether oxygens (including phenoxy) is 1. The van der Waals surface area contributed by atoms with Gasteiger partial charge in [-0.15, -0.1) is 24.0 Å². The molecule has 0 saturated carbocycles. The Morgan fingerprint density at radius 1 is 1.47 bits per heavy atom. The maximum Gasteiger partial charge on any atom is 0.412 e. The van der Waals surface area contributed by atoms with Gasteiger partial charge in [-0.1, -0.05) is 6.07 Å². The van der Waals surface area contributed by atoms with Crippen LogP contribution in [0.5, 0.6) is 5.75 Å². The van der Waals surface area contributed by atoms with Crippen molar-refractivity contribution in [2.45, 2.75) is 0 Å². The lowest BCUT2D eigenvalue weighted by Crippen LogP contribution is -2.28. The molecule has 0 heterocycles. The van der Waals surface area contributed by atoms with Crippen molar-refractivity contribution in [3.63, 3.8) is 0 Å². The van der Waals surface area contributed by atoms with Crippen molar-refractivity contribution in [2.75, 3.05) is 31.4 Å². The van der Waals surface area contributed by atoms with Crippen LogP contribution < -0.4 is 15.0 Å². The van der Waals surface area contributed by atoms with E-state index in [0.29, 0.717) is 18.2 Å². The molecule has 0 aliphatic rings. The van der Waals surface area contributed by atoms with Gasteiger partial charge >= 0.3 is 6.09 Å². The highest BCUT2D eigenvalue weighted by atomic mass is 35.5. The molecule has 1 aromatic rings. The van der Waals surface area contributed by atoms with Gasteiger partial charge in [-0.2, -0.15) is 0 Å². The fourth-order valence-corrected chi connectivity index (χ4v) is 1.21. The lowest BCUT2D eigenvalue weighted by molar-refractivity contribution is 0.201. The van der Waals surface area contributed by atoms with E-state index in [-0.39, 0.29) is 12.4 Å². The van der Waals surface area contributed by atoms with Gasteiger partial charge in [0, 0.05) is 38.3 Å². The van der Waals surface area contributed by atoms with E-state index >= 15 is 0 Å². The Morgan fingerprint density at radius 2 is 2.18 bits per heavy atom. The number of amides is 1. The second-order valence-corrected chi connectivity index (χ2v) is 3.78. The van der Waals surface area contributed by atoms with E-state index in [9.17, 15) is 4.79 Å². The van der Waals surface area contributed by atoms with Crippen LogP contribution in [0.25, 0.3) is 0 Å². The SMILES string of the molecule is CN(C)c1cccc(OC(=O)NCCCl)c1.Cl. The van der Waals surface area contributed by atoms with Gasteiger partial charge in [0.2, 0.25) is 0 Å². The van der Waals surface area contributed by atoms with E-state index in [1.807, 2.05) is 31.1 Å². The second kappa shape index (κ2) is 8.03. The van der Waals surface area contributed by atoms with E-state index in [2.05, 4.69) is 5.32 Å². The zero-order valence-corrected chi connectivity index (χ0v) is 11.3. The first kappa shape index (κ1) is 15.9. The third kappa shape index (κ3) is 5.65. The molecule has 1 aromatic carbocycles. The molecular formula is C11H16Cl2N2O2. The number of nitrogens with zero attached hydrogens (tertiary/aromatic N) is 1. The van der Waals surface area contributed by atoms with Crippen LogP contribution >= 0.6 is 24.0 Å². The molecule has 0 radical (unpaired) electrons. The van der Waals surface area contributed by atoms with E-state index in [4.69, 9.17) is 16.3 Å². The van der Waals surface area contributed by atoms with E-state index in [1.54, 1.807) is 12.1 Å². The maximum atomic E-state index is 11.2. The minimum Gasteiger partial charge on any atom is -0.410 e. The third-order valence-corrected chi connectivity index (χ3v) is 2.10. The molecule has 4 nitrogen and oxygen atoms in total. The molecule has 6 heteroatoms. The highest BCUT2D eigenvalue weighted by Crippen LogP contribution is 2.19. The highest BCUT2D eigenvalue weighted by Gasteiger charge is 2.04. The summed E-state index contributed by atoms with van der Waals surface area (Å²) in [6.45, 7) is 0.397. The van der Waals surface area contributed by atoms with Gasteiger partial charge in [-0.05, 0) is 12.1 Å². The van der Waals surface area contributed by atoms with Crippen LogP contribution in [-0.4, -0.2) is 32.6 Å². The molecule has 0 unspecified atom stereocenters. The summed E-state index contributed by atoms with van der Waals surface area (Å²) in [5.74, 6) is 0.880. The van der Waals surface area contributed by atoms with Crippen molar-refractivity contribution >= 4 is 35.8 Å². The molecule has 0 bridgehead atoms. The Kier molecular flexibility index (Phi) is 7.50. The number of alkyl halides is 1. The largest absolute Gasteiger partial charge is 0.412 e. The summed E-state index contributed by atoms with van der Waals surface area (Å²) >= 11 is 5.44. The molecule has 1 N–H and O–H groups in total. The first-order valence-electron chi connectivity index (χ1n) is 4.92. The van der Waals surface area contributed by atoms with Crippen molar-refractivity contribution in [3.05, 3.63) is 24.3 Å². The van der Waals surface area contributed by atoms with Gasteiger partial charge in [0.05, 0.1) is 0 Å². The monoisotopic (exact) mass is 278 g/mol. The highest BCUT2D eigenvalue weighted by molar-refractivity contribution is 6.18. The molecule has 0 saturated heterocycles. The molecule has 0 aliphatic heterocycles. The number of hydrogen-bond acceptors (Lipinski definition) is 3. The lowest BCUT2D eigenvalue weighted by atomic mass is 10.3. The molecule has 0 aliphatic carbocycles.